The molecule has 0 saturated heterocycles. The number of methoxy groups -OCH3 is 1. The highest BCUT2D eigenvalue weighted by molar-refractivity contribution is 6.01. The summed E-state index contributed by atoms with van der Waals surface area (Å²) in [7, 11) is 1.52. The van der Waals surface area contributed by atoms with Crippen molar-refractivity contribution < 1.29 is 13.9 Å². The van der Waals surface area contributed by atoms with E-state index >= 15 is 0 Å². The van der Waals surface area contributed by atoms with Crippen LogP contribution in [0.2, 0.25) is 0 Å². The smallest absolute Gasteiger partial charge is 0.349 e. The number of carbonyl (C=O) groups excluding carboxylic acids is 1. The third-order valence-electron chi connectivity index (χ3n) is 3.72. The fraction of sp³-hybridized carbons (Fsp3) is 0.0588. The Morgan fingerprint density at radius 3 is 2.83 bits per heavy atom. The van der Waals surface area contributed by atoms with Gasteiger partial charge in [0, 0.05) is 11.5 Å². The molecular weight excluding hydrogens is 310 g/mol. The lowest BCUT2D eigenvalue weighted by Gasteiger charge is -2.04. The normalized spacial score (nSPS) is 11.0. The molecule has 4 aromatic rings. The average molecular weight is 321 g/mol. The molecule has 2 heterocycles. The molecule has 0 saturated carbocycles. The van der Waals surface area contributed by atoms with Crippen LogP contribution in [0.5, 0.6) is 5.75 Å². The minimum atomic E-state index is -0.736. The van der Waals surface area contributed by atoms with Gasteiger partial charge in [-0.2, -0.15) is 4.68 Å². The van der Waals surface area contributed by atoms with Crippen molar-refractivity contribution in [2.45, 2.75) is 0 Å². The Labute approximate surface area is 135 Å². The second-order valence-electron chi connectivity index (χ2n) is 5.15. The summed E-state index contributed by atoms with van der Waals surface area (Å²) in [5.74, 6) is -0.0258. The second kappa shape index (κ2) is 5.31. The molecule has 0 aliphatic heterocycles. The number of aromatic nitrogens is 3. The molecule has 0 aliphatic carbocycles. The summed E-state index contributed by atoms with van der Waals surface area (Å²) < 4.78 is 11.4. The molecule has 24 heavy (non-hydrogen) atoms. The molecule has 0 amide bonds. The summed E-state index contributed by atoms with van der Waals surface area (Å²) in [5, 5.41) is 8.37. The summed E-state index contributed by atoms with van der Waals surface area (Å²) in [4.78, 5) is 24.9. The topological polar surface area (TPSA) is 87.2 Å². The van der Waals surface area contributed by atoms with E-state index in [1.165, 1.54) is 13.2 Å². The first kappa shape index (κ1) is 14.1. The van der Waals surface area contributed by atoms with Gasteiger partial charge in [0.15, 0.2) is 0 Å². The molecule has 0 unspecified atom stereocenters. The Bertz CT molecular complexity index is 1140. The Balaban J connectivity index is 1.88. The van der Waals surface area contributed by atoms with Crippen LogP contribution >= 0.6 is 0 Å². The van der Waals surface area contributed by atoms with Crippen LogP contribution in [-0.2, 0) is 0 Å². The Morgan fingerprint density at radius 1 is 1.17 bits per heavy atom. The van der Waals surface area contributed by atoms with E-state index in [0.717, 1.165) is 4.68 Å². The van der Waals surface area contributed by atoms with E-state index in [1.807, 2.05) is 0 Å². The van der Waals surface area contributed by atoms with Crippen molar-refractivity contribution in [3.05, 3.63) is 64.5 Å². The van der Waals surface area contributed by atoms with Gasteiger partial charge in [0.05, 0.1) is 12.6 Å². The second-order valence-corrected chi connectivity index (χ2v) is 5.15. The lowest BCUT2D eigenvalue weighted by molar-refractivity contribution is 0.0944. The maximum atomic E-state index is 12.7. The molecule has 0 aliphatic rings. The zero-order valence-electron chi connectivity index (χ0n) is 12.6. The van der Waals surface area contributed by atoms with E-state index in [2.05, 4.69) is 10.3 Å². The van der Waals surface area contributed by atoms with Crippen molar-refractivity contribution in [1.29, 1.82) is 0 Å². The van der Waals surface area contributed by atoms with Gasteiger partial charge in [-0.3, -0.25) is 4.79 Å². The van der Waals surface area contributed by atoms with E-state index in [-0.39, 0.29) is 5.56 Å². The van der Waals surface area contributed by atoms with E-state index in [1.54, 1.807) is 42.5 Å². The molecule has 2 aromatic carbocycles. The van der Waals surface area contributed by atoms with Crippen LogP contribution < -0.4 is 10.4 Å². The minimum Gasteiger partial charge on any atom is -0.497 e. The molecule has 0 atom stereocenters. The molecule has 7 heteroatoms. The molecular formula is C17H11N3O4. The third-order valence-corrected chi connectivity index (χ3v) is 3.72. The summed E-state index contributed by atoms with van der Waals surface area (Å²) in [6.07, 6.45) is 0. The number of ether oxygens (including phenoxy) is 1. The van der Waals surface area contributed by atoms with Crippen molar-refractivity contribution >= 4 is 27.9 Å². The van der Waals surface area contributed by atoms with Crippen LogP contribution in [-0.4, -0.2) is 28.0 Å². The highest BCUT2D eigenvalue weighted by Crippen LogP contribution is 2.21. The van der Waals surface area contributed by atoms with E-state index in [4.69, 9.17) is 9.15 Å². The van der Waals surface area contributed by atoms with Gasteiger partial charge < -0.3 is 9.15 Å². The number of hydrogen-bond donors (Lipinski definition) is 0. The maximum absolute atomic E-state index is 12.7. The molecule has 0 spiro atoms. The van der Waals surface area contributed by atoms with E-state index in [9.17, 15) is 9.59 Å². The zero-order valence-corrected chi connectivity index (χ0v) is 12.6. The highest BCUT2D eigenvalue weighted by Gasteiger charge is 2.19. The van der Waals surface area contributed by atoms with Crippen molar-refractivity contribution in [3.8, 4) is 5.75 Å². The lowest BCUT2D eigenvalue weighted by atomic mass is 10.1. The zero-order chi connectivity index (χ0) is 16.7. The maximum Gasteiger partial charge on any atom is 0.349 e. The van der Waals surface area contributed by atoms with Crippen molar-refractivity contribution in [1.82, 2.24) is 15.0 Å². The first-order valence-electron chi connectivity index (χ1n) is 7.14. The standard InChI is InChI=1S/C17H11N3O4/c1-23-11-7-6-10-8-12(17(22)24-15(10)9-11)16(21)20-14-5-3-2-4-13(14)18-19-20/h2-9H,1H3. The number of benzene rings is 2. The Morgan fingerprint density at radius 2 is 2.00 bits per heavy atom. The fourth-order valence-electron chi connectivity index (χ4n) is 2.50. The Hall–Kier alpha value is -3.48. The fourth-order valence-corrected chi connectivity index (χ4v) is 2.50. The minimum absolute atomic E-state index is 0.108. The third kappa shape index (κ3) is 2.14. The molecule has 7 nitrogen and oxygen atoms in total. The first-order valence-corrected chi connectivity index (χ1v) is 7.14. The quantitative estimate of drug-likeness (QED) is 0.526. The lowest BCUT2D eigenvalue weighted by Crippen LogP contribution is -2.21. The summed E-state index contributed by atoms with van der Waals surface area (Å²) in [5.41, 5.74) is 0.598. The van der Waals surface area contributed by atoms with Gasteiger partial charge in [0.25, 0.3) is 5.91 Å². The van der Waals surface area contributed by atoms with Crippen LogP contribution in [0.3, 0.4) is 0 Å². The number of fused-ring (bicyclic) bond motifs is 2. The van der Waals surface area contributed by atoms with Crippen LogP contribution in [0.1, 0.15) is 10.4 Å². The number of hydrogen-bond acceptors (Lipinski definition) is 6. The summed E-state index contributed by atoms with van der Waals surface area (Å²) in [6.45, 7) is 0. The average Bonchev–Trinajstić information content (AvgIpc) is 3.04. The predicted octanol–water partition coefficient (Wildman–Crippen LogP) is 2.23. The van der Waals surface area contributed by atoms with Gasteiger partial charge in [-0.25, -0.2) is 4.79 Å². The number of carbonyl (C=O) groups is 1. The number of nitrogens with zero attached hydrogens (tertiary/aromatic N) is 3. The first-order chi connectivity index (χ1) is 11.7. The molecule has 4 rings (SSSR count). The Kier molecular flexibility index (Phi) is 3.13. The van der Waals surface area contributed by atoms with E-state index in [0.29, 0.717) is 27.8 Å². The van der Waals surface area contributed by atoms with Crippen molar-refractivity contribution in [2.24, 2.45) is 0 Å². The van der Waals surface area contributed by atoms with Crippen LogP contribution in [0.25, 0.3) is 22.0 Å². The SMILES string of the molecule is COc1ccc2cc(C(=O)n3nnc4ccccc43)c(=O)oc2c1. The van der Waals surface area contributed by atoms with Gasteiger partial charge in [0.2, 0.25) is 0 Å². The van der Waals surface area contributed by atoms with Gasteiger partial charge in [-0.1, -0.05) is 17.3 Å². The number of rotatable bonds is 2. The molecule has 0 fully saturated rings. The summed E-state index contributed by atoms with van der Waals surface area (Å²) in [6, 6.07) is 13.5. The largest absolute Gasteiger partial charge is 0.497 e. The van der Waals surface area contributed by atoms with Crippen molar-refractivity contribution in [3.63, 3.8) is 0 Å². The van der Waals surface area contributed by atoms with Crippen LogP contribution in [0, 0.1) is 0 Å². The molecule has 0 N–H and O–H groups in total. The van der Waals surface area contributed by atoms with Crippen LogP contribution in [0.4, 0.5) is 0 Å². The van der Waals surface area contributed by atoms with Gasteiger partial charge in [-0.05, 0) is 30.3 Å². The predicted molar refractivity (Wildman–Crippen MR) is 86.3 cm³/mol. The number of para-hydroxylation sites is 1. The van der Waals surface area contributed by atoms with Gasteiger partial charge in [-0.15, -0.1) is 5.10 Å². The summed E-state index contributed by atoms with van der Waals surface area (Å²) >= 11 is 0. The van der Waals surface area contributed by atoms with Crippen LogP contribution in [0.15, 0.2) is 57.7 Å². The van der Waals surface area contributed by atoms with Crippen molar-refractivity contribution in [2.75, 3.05) is 7.11 Å². The van der Waals surface area contributed by atoms with Gasteiger partial charge >= 0.3 is 5.63 Å². The highest BCUT2D eigenvalue weighted by atomic mass is 16.5. The van der Waals surface area contributed by atoms with E-state index < -0.39 is 11.5 Å². The molecule has 2 aromatic heterocycles. The monoisotopic (exact) mass is 321 g/mol. The molecule has 118 valence electrons. The van der Waals surface area contributed by atoms with Gasteiger partial charge in [0.1, 0.15) is 22.4 Å². The molecule has 0 radical (unpaired) electrons. The molecule has 0 bridgehead atoms.